The first-order valence-corrected chi connectivity index (χ1v) is 7.97. The van der Waals surface area contributed by atoms with Crippen LogP contribution in [0, 0.1) is 11.3 Å². The molecule has 1 rings (SSSR count). The lowest BCUT2D eigenvalue weighted by atomic mass is 9.76. The molecule has 1 atom stereocenters. The van der Waals surface area contributed by atoms with E-state index >= 15 is 0 Å². The van der Waals surface area contributed by atoms with Gasteiger partial charge in [-0.1, -0.05) is 20.8 Å². The van der Waals surface area contributed by atoms with Crippen molar-refractivity contribution in [2.45, 2.75) is 46.5 Å². The van der Waals surface area contributed by atoms with Crippen molar-refractivity contribution in [1.29, 1.82) is 0 Å². The van der Waals surface area contributed by atoms with E-state index in [-0.39, 0.29) is 23.8 Å². The van der Waals surface area contributed by atoms with Crippen LogP contribution in [-0.2, 0) is 9.59 Å². The highest BCUT2D eigenvalue weighted by Crippen LogP contribution is 2.32. The molecule has 0 bridgehead atoms. The van der Waals surface area contributed by atoms with Crippen LogP contribution in [0.2, 0.25) is 0 Å². The molecule has 2 amide bonds. The van der Waals surface area contributed by atoms with Gasteiger partial charge in [-0.05, 0) is 37.1 Å². The number of rotatable bonds is 5. The molecule has 0 aromatic rings. The van der Waals surface area contributed by atoms with E-state index in [1.807, 2.05) is 0 Å². The van der Waals surface area contributed by atoms with Crippen molar-refractivity contribution in [2.75, 3.05) is 33.2 Å². The summed E-state index contributed by atoms with van der Waals surface area (Å²) in [5.74, 6) is 0.580. The van der Waals surface area contributed by atoms with Crippen molar-refractivity contribution in [2.24, 2.45) is 17.1 Å². The van der Waals surface area contributed by atoms with Crippen LogP contribution in [0.15, 0.2) is 0 Å². The van der Waals surface area contributed by atoms with E-state index in [4.69, 9.17) is 5.73 Å². The van der Waals surface area contributed by atoms with Gasteiger partial charge in [0.05, 0.1) is 6.54 Å². The predicted molar refractivity (Wildman–Crippen MR) is 84.7 cm³/mol. The molecular formula is C16H31N3O2. The van der Waals surface area contributed by atoms with Crippen LogP contribution in [-0.4, -0.2) is 54.8 Å². The quantitative estimate of drug-likeness (QED) is 0.835. The minimum atomic E-state index is 0.0372. The normalized spacial score (nSPS) is 18.6. The number of likely N-dealkylation sites (N-methyl/N-ethyl adjacent to an activating group) is 1. The maximum Gasteiger partial charge on any atom is 0.241 e. The topological polar surface area (TPSA) is 66.6 Å². The summed E-state index contributed by atoms with van der Waals surface area (Å²) in [4.78, 5) is 27.6. The number of carbonyl (C=O) groups excluding carboxylic acids is 2. The Morgan fingerprint density at radius 3 is 2.52 bits per heavy atom. The lowest BCUT2D eigenvalue weighted by molar-refractivity contribution is -0.138. The third kappa shape index (κ3) is 5.65. The van der Waals surface area contributed by atoms with Gasteiger partial charge in [0.25, 0.3) is 0 Å². The molecule has 1 aliphatic rings. The minimum Gasteiger partial charge on any atom is -0.344 e. The highest BCUT2D eigenvalue weighted by molar-refractivity contribution is 5.85. The molecule has 1 saturated heterocycles. The molecule has 1 heterocycles. The molecule has 2 N–H and O–H groups in total. The first kappa shape index (κ1) is 18.0. The van der Waals surface area contributed by atoms with E-state index in [0.717, 1.165) is 25.8 Å². The Morgan fingerprint density at radius 1 is 1.29 bits per heavy atom. The molecule has 1 unspecified atom stereocenters. The number of hydrogen-bond acceptors (Lipinski definition) is 3. The van der Waals surface area contributed by atoms with Crippen molar-refractivity contribution in [1.82, 2.24) is 9.80 Å². The molecule has 1 fully saturated rings. The molecule has 0 spiro atoms. The Bertz CT molecular complexity index is 363. The number of carbonyl (C=O) groups is 2. The fourth-order valence-corrected chi connectivity index (χ4v) is 2.87. The zero-order chi connectivity index (χ0) is 16.0. The van der Waals surface area contributed by atoms with E-state index in [1.165, 1.54) is 0 Å². The Morgan fingerprint density at radius 2 is 1.95 bits per heavy atom. The molecule has 0 radical (unpaired) electrons. The van der Waals surface area contributed by atoms with Crippen LogP contribution in [0.4, 0.5) is 0 Å². The summed E-state index contributed by atoms with van der Waals surface area (Å²) in [6.07, 6.45) is 3.16. The first-order valence-electron chi connectivity index (χ1n) is 7.97. The van der Waals surface area contributed by atoms with E-state index in [1.54, 1.807) is 16.8 Å². The van der Waals surface area contributed by atoms with E-state index in [0.29, 0.717) is 25.4 Å². The number of nitrogens with two attached hydrogens (primary N) is 1. The molecule has 21 heavy (non-hydrogen) atoms. The van der Waals surface area contributed by atoms with Crippen molar-refractivity contribution in [3.8, 4) is 0 Å². The van der Waals surface area contributed by atoms with Gasteiger partial charge in [-0.25, -0.2) is 0 Å². The molecule has 122 valence electrons. The fraction of sp³-hybridized carbons (Fsp3) is 0.875. The van der Waals surface area contributed by atoms with E-state index < -0.39 is 0 Å². The summed E-state index contributed by atoms with van der Waals surface area (Å²) >= 11 is 0. The van der Waals surface area contributed by atoms with Crippen molar-refractivity contribution >= 4 is 11.8 Å². The SMILES string of the molecule is CN1CCCN(C(=O)CCC(CCN)C(C)(C)C)CC1=O. The summed E-state index contributed by atoms with van der Waals surface area (Å²) in [6.45, 7) is 8.90. The van der Waals surface area contributed by atoms with Gasteiger partial charge in [-0.15, -0.1) is 0 Å². The molecule has 0 aliphatic carbocycles. The third-order valence-electron chi connectivity index (χ3n) is 4.47. The molecular weight excluding hydrogens is 266 g/mol. The zero-order valence-corrected chi connectivity index (χ0v) is 14.0. The second-order valence-corrected chi connectivity index (χ2v) is 7.16. The van der Waals surface area contributed by atoms with Crippen LogP contribution < -0.4 is 5.73 Å². The Balaban J connectivity index is 2.53. The van der Waals surface area contributed by atoms with E-state index in [2.05, 4.69) is 20.8 Å². The van der Waals surface area contributed by atoms with Gasteiger partial charge in [0.15, 0.2) is 0 Å². The summed E-state index contributed by atoms with van der Waals surface area (Å²) in [7, 11) is 1.80. The monoisotopic (exact) mass is 297 g/mol. The highest BCUT2D eigenvalue weighted by Gasteiger charge is 2.27. The highest BCUT2D eigenvalue weighted by atomic mass is 16.2. The largest absolute Gasteiger partial charge is 0.344 e. The van der Waals surface area contributed by atoms with Crippen molar-refractivity contribution < 1.29 is 9.59 Å². The average molecular weight is 297 g/mol. The summed E-state index contributed by atoms with van der Waals surface area (Å²) in [5, 5.41) is 0. The first-order chi connectivity index (χ1) is 9.75. The van der Waals surface area contributed by atoms with Gasteiger partial charge in [0, 0.05) is 26.6 Å². The summed E-state index contributed by atoms with van der Waals surface area (Å²) in [5.41, 5.74) is 5.85. The fourth-order valence-electron chi connectivity index (χ4n) is 2.87. The number of nitrogens with zero attached hydrogens (tertiary/aromatic N) is 2. The van der Waals surface area contributed by atoms with Gasteiger partial charge in [-0.3, -0.25) is 9.59 Å². The van der Waals surface area contributed by atoms with Gasteiger partial charge in [-0.2, -0.15) is 0 Å². The van der Waals surface area contributed by atoms with Crippen LogP contribution in [0.25, 0.3) is 0 Å². The van der Waals surface area contributed by atoms with Crippen LogP contribution in [0.1, 0.15) is 46.5 Å². The van der Waals surface area contributed by atoms with Gasteiger partial charge < -0.3 is 15.5 Å². The van der Waals surface area contributed by atoms with Gasteiger partial charge in [0.1, 0.15) is 0 Å². The van der Waals surface area contributed by atoms with Crippen molar-refractivity contribution in [3.63, 3.8) is 0 Å². The second-order valence-electron chi connectivity index (χ2n) is 7.16. The number of hydrogen-bond donors (Lipinski definition) is 1. The standard InChI is InChI=1S/C16H31N3O2/c1-16(2,3)13(8-9-17)6-7-14(20)19-11-5-10-18(4)15(21)12-19/h13H,5-12,17H2,1-4H3. The predicted octanol–water partition coefficient (Wildman–Crippen LogP) is 1.47. The molecule has 5 nitrogen and oxygen atoms in total. The zero-order valence-electron chi connectivity index (χ0n) is 14.0. The van der Waals surface area contributed by atoms with Gasteiger partial charge in [0.2, 0.25) is 11.8 Å². The summed E-state index contributed by atoms with van der Waals surface area (Å²) < 4.78 is 0. The second kappa shape index (κ2) is 7.78. The summed E-state index contributed by atoms with van der Waals surface area (Å²) in [6, 6.07) is 0. The molecule has 0 aromatic carbocycles. The Hall–Kier alpha value is -1.10. The maximum atomic E-state index is 12.4. The molecule has 0 saturated carbocycles. The lowest BCUT2D eigenvalue weighted by Gasteiger charge is -2.31. The molecule has 5 heteroatoms. The van der Waals surface area contributed by atoms with Crippen LogP contribution in [0.5, 0.6) is 0 Å². The maximum absolute atomic E-state index is 12.4. The van der Waals surface area contributed by atoms with E-state index in [9.17, 15) is 9.59 Å². The number of amides is 2. The Labute approximate surface area is 128 Å². The van der Waals surface area contributed by atoms with Crippen LogP contribution in [0.3, 0.4) is 0 Å². The minimum absolute atomic E-state index is 0.0372. The smallest absolute Gasteiger partial charge is 0.241 e. The molecule has 0 aromatic heterocycles. The lowest BCUT2D eigenvalue weighted by Crippen LogP contribution is -2.38. The van der Waals surface area contributed by atoms with Crippen molar-refractivity contribution in [3.05, 3.63) is 0 Å². The molecule has 1 aliphatic heterocycles. The average Bonchev–Trinajstić information content (AvgIpc) is 2.55. The van der Waals surface area contributed by atoms with Crippen LogP contribution >= 0.6 is 0 Å². The Kier molecular flexibility index (Phi) is 6.65. The third-order valence-corrected chi connectivity index (χ3v) is 4.47. The van der Waals surface area contributed by atoms with Gasteiger partial charge >= 0.3 is 0 Å².